The lowest BCUT2D eigenvalue weighted by Crippen LogP contribution is -2.41. The Balaban J connectivity index is 1.88. The van der Waals surface area contributed by atoms with Gasteiger partial charge in [-0.05, 0) is 57.5 Å². The molecule has 6 heteroatoms. The maximum atomic E-state index is 8.48. The van der Waals surface area contributed by atoms with Gasteiger partial charge in [0.1, 0.15) is 5.84 Å². The molecule has 2 N–H and O–H groups in total. The van der Waals surface area contributed by atoms with Crippen molar-refractivity contribution in [2.75, 3.05) is 7.05 Å². The van der Waals surface area contributed by atoms with Crippen LogP contribution in [0.4, 0.5) is 0 Å². The zero-order valence-corrected chi connectivity index (χ0v) is 15.8. The van der Waals surface area contributed by atoms with Crippen LogP contribution in [0.15, 0.2) is 24.3 Å². The maximum absolute atomic E-state index is 8.48. The zero-order valence-electron chi connectivity index (χ0n) is 15.8. The molecular formula is C19H28BN3O2. The number of hydrogen-bond acceptors (Lipinski definition) is 4. The Morgan fingerprint density at radius 2 is 1.84 bits per heavy atom. The Kier molecular flexibility index (Phi) is 4.54. The number of likely N-dealkylation sites (N-methyl/N-ethyl adjacent to an activating group) is 1. The molecule has 1 saturated heterocycles. The van der Waals surface area contributed by atoms with Gasteiger partial charge < -0.3 is 14.2 Å². The topological polar surface area (TPSA) is 69.4 Å². The third-order valence-electron chi connectivity index (χ3n) is 5.76. The first-order valence-corrected chi connectivity index (χ1v) is 8.93. The van der Waals surface area contributed by atoms with Gasteiger partial charge in [-0.2, -0.15) is 0 Å². The lowest BCUT2D eigenvalue weighted by Gasteiger charge is -2.32. The van der Waals surface area contributed by atoms with Crippen LogP contribution in [0.5, 0.6) is 0 Å². The summed E-state index contributed by atoms with van der Waals surface area (Å²) in [5, 5.41) is 15.9. The van der Waals surface area contributed by atoms with Crippen molar-refractivity contribution in [2.24, 2.45) is 5.92 Å². The van der Waals surface area contributed by atoms with Crippen LogP contribution >= 0.6 is 0 Å². The monoisotopic (exact) mass is 341 g/mol. The maximum Gasteiger partial charge on any atom is 0.494 e. The molecule has 0 spiro atoms. The van der Waals surface area contributed by atoms with Gasteiger partial charge >= 0.3 is 7.12 Å². The Labute approximate surface area is 150 Å². The van der Waals surface area contributed by atoms with Crippen molar-refractivity contribution in [2.45, 2.75) is 57.7 Å². The molecule has 1 aliphatic carbocycles. The van der Waals surface area contributed by atoms with Crippen molar-refractivity contribution in [3.05, 3.63) is 29.8 Å². The van der Waals surface area contributed by atoms with Gasteiger partial charge in [-0.3, -0.25) is 10.8 Å². The van der Waals surface area contributed by atoms with Gasteiger partial charge in [0, 0.05) is 13.0 Å². The first-order chi connectivity index (χ1) is 11.7. The van der Waals surface area contributed by atoms with Gasteiger partial charge in [0.15, 0.2) is 0 Å². The van der Waals surface area contributed by atoms with Crippen molar-refractivity contribution >= 4 is 24.8 Å². The van der Waals surface area contributed by atoms with Crippen LogP contribution in [0.2, 0.25) is 0 Å². The summed E-state index contributed by atoms with van der Waals surface area (Å²) in [5.74, 6) is 0.987. The Bertz CT molecular complexity index is 669. The molecule has 1 unspecified atom stereocenters. The molecule has 0 aromatic heterocycles. The van der Waals surface area contributed by atoms with E-state index in [1.165, 1.54) is 6.34 Å². The quantitative estimate of drug-likeness (QED) is 0.491. The Hall–Kier alpha value is -1.66. The molecule has 134 valence electrons. The van der Waals surface area contributed by atoms with Crippen LogP contribution in [0.3, 0.4) is 0 Å². The summed E-state index contributed by atoms with van der Waals surface area (Å²) in [6.45, 7) is 8.22. The molecule has 0 radical (unpaired) electrons. The van der Waals surface area contributed by atoms with Crippen molar-refractivity contribution in [3.63, 3.8) is 0 Å². The van der Waals surface area contributed by atoms with Crippen LogP contribution in [0.1, 0.15) is 52.0 Å². The van der Waals surface area contributed by atoms with E-state index >= 15 is 0 Å². The average molecular weight is 341 g/mol. The first kappa shape index (κ1) is 18.1. The minimum absolute atomic E-state index is 0.0222. The molecule has 1 saturated carbocycles. The molecule has 2 aliphatic rings. The summed E-state index contributed by atoms with van der Waals surface area (Å²) in [6.07, 6.45) is 3.48. The standard InChI is InChI=1S/C19H28BN3O2/c1-18(2)19(3,4)25-20(24-18)15-8-6-7-14(11-15)16(13-9-10-13)17(22)23(5)12-21/h6-8,11-13,16,21-22H,9-10H2,1-5H3. The Morgan fingerprint density at radius 1 is 1.24 bits per heavy atom. The summed E-state index contributed by atoms with van der Waals surface area (Å²) >= 11 is 0. The molecular weight excluding hydrogens is 313 g/mol. The molecule has 2 fully saturated rings. The Morgan fingerprint density at radius 3 is 2.36 bits per heavy atom. The number of hydrogen-bond donors (Lipinski definition) is 2. The van der Waals surface area contributed by atoms with Crippen LogP contribution in [-0.4, -0.2) is 42.4 Å². The number of nitrogens with one attached hydrogen (secondary N) is 2. The summed E-state index contributed by atoms with van der Waals surface area (Å²) in [7, 11) is 1.38. The van der Waals surface area contributed by atoms with Crippen LogP contribution in [0.25, 0.3) is 0 Å². The van der Waals surface area contributed by atoms with Gasteiger partial charge in [0.2, 0.25) is 0 Å². The second-order valence-electron chi connectivity index (χ2n) is 8.20. The predicted octanol–water partition coefficient (Wildman–Crippen LogP) is 3.00. The lowest BCUT2D eigenvalue weighted by molar-refractivity contribution is 0.00578. The second-order valence-corrected chi connectivity index (χ2v) is 8.20. The molecule has 1 aromatic rings. The fourth-order valence-electron chi connectivity index (χ4n) is 3.25. The highest BCUT2D eigenvalue weighted by atomic mass is 16.7. The van der Waals surface area contributed by atoms with E-state index in [4.69, 9.17) is 20.1 Å². The average Bonchev–Trinajstić information content (AvgIpc) is 3.34. The third-order valence-corrected chi connectivity index (χ3v) is 5.76. The van der Waals surface area contributed by atoms with E-state index in [0.29, 0.717) is 11.8 Å². The van der Waals surface area contributed by atoms with Crippen molar-refractivity contribution in [3.8, 4) is 0 Å². The largest absolute Gasteiger partial charge is 0.494 e. The second kappa shape index (κ2) is 6.25. The van der Waals surface area contributed by atoms with Crippen LogP contribution in [-0.2, 0) is 9.31 Å². The smallest absolute Gasteiger partial charge is 0.399 e. The molecule has 0 bridgehead atoms. The van der Waals surface area contributed by atoms with Crippen molar-refractivity contribution in [1.82, 2.24) is 4.90 Å². The number of benzene rings is 1. The van der Waals surface area contributed by atoms with Crippen molar-refractivity contribution in [1.29, 1.82) is 10.8 Å². The zero-order chi connectivity index (χ0) is 18.4. The molecule has 1 aromatic carbocycles. The normalized spacial score (nSPS) is 22.5. The van der Waals surface area contributed by atoms with Gasteiger partial charge in [-0.15, -0.1) is 0 Å². The van der Waals surface area contributed by atoms with Crippen LogP contribution < -0.4 is 5.46 Å². The fraction of sp³-hybridized carbons (Fsp3) is 0.579. The highest BCUT2D eigenvalue weighted by Gasteiger charge is 2.51. The number of nitrogens with zero attached hydrogens (tertiary/aromatic N) is 1. The van der Waals surface area contributed by atoms with E-state index < -0.39 is 0 Å². The van der Waals surface area contributed by atoms with E-state index in [0.717, 1.165) is 23.9 Å². The highest BCUT2D eigenvalue weighted by molar-refractivity contribution is 6.62. The van der Waals surface area contributed by atoms with Crippen molar-refractivity contribution < 1.29 is 9.31 Å². The van der Waals surface area contributed by atoms with E-state index in [2.05, 4.69) is 39.8 Å². The summed E-state index contributed by atoms with van der Waals surface area (Å²) in [4.78, 5) is 1.59. The first-order valence-electron chi connectivity index (χ1n) is 8.93. The summed E-state index contributed by atoms with van der Waals surface area (Å²) in [5.41, 5.74) is 1.37. The fourth-order valence-corrected chi connectivity index (χ4v) is 3.25. The lowest BCUT2D eigenvalue weighted by atomic mass is 9.76. The molecule has 1 aliphatic heterocycles. The van der Waals surface area contributed by atoms with E-state index in [1.807, 2.05) is 12.1 Å². The van der Waals surface area contributed by atoms with Crippen LogP contribution in [0, 0.1) is 16.7 Å². The number of rotatable bonds is 5. The highest BCUT2D eigenvalue weighted by Crippen LogP contribution is 2.43. The van der Waals surface area contributed by atoms with Gasteiger partial charge in [0.05, 0.1) is 17.5 Å². The van der Waals surface area contributed by atoms with Gasteiger partial charge in [-0.1, -0.05) is 24.3 Å². The van der Waals surface area contributed by atoms with Gasteiger partial charge in [0.25, 0.3) is 0 Å². The number of amidine groups is 1. The van der Waals surface area contributed by atoms with Gasteiger partial charge in [-0.25, -0.2) is 0 Å². The minimum Gasteiger partial charge on any atom is -0.399 e. The van der Waals surface area contributed by atoms with E-state index in [9.17, 15) is 0 Å². The van der Waals surface area contributed by atoms with E-state index in [1.54, 1.807) is 11.9 Å². The summed E-state index contributed by atoms with van der Waals surface area (Å²) < 4.78 is 12.3. The summed E-state index contributed by atoms with van der Waals surface area (Å²) in [6, 6.07) is 8.23. The molecule has 1 heterocycles. The minimum atomic E-state index is -0.389. The van der Waals surface area contributed by atoms with E-state index in [-0.39, 0.29) is 24.2 Å². The third kappa shape index (κ3) is 3.38. The molecule has 25 heavy (non-hydrogen) atoms. The predicted molar refractivity (Wildman–Crippen MR) is 102 cm³/mol. The molecule has 5 nitrogen and oxygen atoms in total. The molecule has 1 atom stereocenters. The molecule has 3 rings (SSSR count). The SMILES string of the molecule is CN(C=N)C(=N)C(c1cccc(B2OC(C)(C)C(C)(C)O2)c1)C1CC1. The molecule has 0 amide bonds.